The van der Waals surface area contributed by atoms with E-state index in [9.17, 15) is 0 Å². The maximum atomic E-state index is 5.48. The van der Waals surface area contributed by atoms with Crippen molar-refractivity contribution in [1.29, 1.82) is 0 Å². The standard InChI is InChI=1S/C18H11BrN2O/c19-14-8-3-7-13(11-14)17-20-18(22-21-17)16-10-4-6-12-5-1-2-9-15(12)16/h1-11H. The molecule has 0 aliphatic rings. The van der Waals surface area contributed by atoms with E-state index in [1.807, 2.05) is 48.5 Å². The van der Waals surface area contributed by atoms with Crippen LogP contribution in [0, 0.1) is 0 Å². The van der Waals surface area contributed by atoms with Gasteiger partial charge in [-0.1, -0.05) is 69.6 Å². The Morgan fingerprint density at radius 2 is 1.68 bits per heavy atom. The van der Waals surface area contributed by atoms with Gasteiger partial charge in [0.15, 0.2) is 0 Å². The maximum Gasteiger partial charge on any atom is 0.258 e. The smallest absolute Gasteiger partial charge is 0.258 e. The summed E-state index contributed by atoms with van der Waals surface area (Å²) in [4.78, 5) is 4.54. The molecule has 0 unspecified atom stereocenters. The molecule has 0 saturated heterocycles. The highest BCUT2D eigenvalue weighted by atomic mass is 79.9. The zero-order chi connectivity index (χ0) is 14.9. The summed E-state index contributed by atoms with van der Waals surface area (Å²) in [6.07, 6.45) is 0. The summed E-state index contributed by atoms with van der Waals surface area (Å²) in [5.74, 6) is 1.12. The molecule has 4 heteroatoms. The van der Waals surface area contributed by atoms with E-state index in [0.29, 0.717) is 11.7 Å². The third-order valence-electron chi connectivity index (χ3n) is 3.53. The number of fused-ring (bicyclic) bond motifs is 1. The van der Waals surface area contributed by atoms with Gasteiger partial charge in [-0.3, -0.25) is 0 Å². The van der Waals surface area contributed by atoms with Gasteiger partial charge in [-0.05, 0) is 29.0 Å². The Kier molecular flexibility index (Phi) is 3.24. The lowest BCUT2D eigenvalue weighted by Gasteiger charge is -2.01. The Balaban J connectivity index is 1.84. The lowest BCUT2D eigenvalue weighted by atomic mass is 10.0. The minimum atomic E-state index is 0.534. The lowest BCUT2D eigenvalue weighted by Crippen LogP contribution is -1.83. The molecular formula is C18H11BrN2O. The summed E-state index contributed by atoms with van der Waals surface area (Å²) in [5.41, 5.74) is 1.87. The zero-order valence-electron chi connectivity index (χ0n) is 11.5. The molecule has 3 nitrogen and oxygen atoms in total. The van der Waals surface area contributed by atoms with Crippen molar-refractivity contribution in [2.45, 2.75) is 0 Å². The number of halogens is 1. The molecule has 0 spiro atoms. The van der Waals surface area contributed by atoms with Gasteiger partial charge >= 0.3 is 0 Å². The number of rotatable bonds is 2. The predicted molar refractivity (Wildman–Crippen MR) is 90.4 cm³/mol. The van der Waals surface area contributed by atoms with Gasteiger partial charge in [0, 0.05) is 15.6 Å². The van der Waals surface area contributed by atoms with Crippen LogP contribution in [0.25, 0.3) is 33.6 Å². The van der Waals surface area contributed by atoms with Gasteiger partial charge in [-0.15, -0.1) is 0 Å². The van der Waals surface area contributed by atoms with Crippen LogP contribution < -0.4 is 0 Å². The fraction of sp³-hybridized carbons (Fsp3) is 0. The Labute approximate surface area is 135 Å². The number of hydrogen-bond acceptors (Lipinski definition) is 3. The summed E-state index contributed by atoms with van der Waals surface area (Å²) < 4.78 is 6.46. The zero-order valence-corrected chi connectivity index (χ0v) is 13.1. The molecule has 0 bridgehead atoms. The lowest BCUT2D eigenvalue weighted by molar-refractivity contribution is 0.432. The van der Waals surface area contributed by atoms with Crippen LogP contribution in [0.3, 0.4) is 0 Å². The molecule has 1 aromatic heterocycles. The minimum absolute atomic E-state index is 0.534. The fourth-order valence-corrected chi connectivity index (χ4v) is 2.89. The molecule has 22 heavy (non-hydrogen) atoms. The molecule has 0 atom stereocenters. The van der Waals surface area contributed by atoms with Gasteiger partial charge in [0.1, 0.15) is 0 Å². The molecule has 0 radical (unpaired) electrons. The summed E-state index contributed by atoms with van der Waals surface area (Å²) in [7, 11) is 0. The Bertz CT molecular complexity index is 957. The highest BCUT2D eigenvalue weighted by molar-refractivity contribution is 9.10. The third-order valence-corrected chi connectivity index (χ3v) is 4.02. The van der Waals surface area contributed by atoms with Crippen molar-refractivity contribution in [1.82, 2.24) is 10.1 Å². The number of nitrogens with zero attached hydrogens (tertiary/aromatic N) is 2. The molecule has 0 saturated carbocycles. The van der Waals surface area contributed by atoms with E-state index >= 15 is 0 Å². The first kappa shape index (κ1) is 13.2. The molecule has 0 fully saturated rings. The molecule has 106 valence electrons. The van der Waals surface area contributed by atoms with Crippen LogP contribution >= 0.6 is 15.9 Å². The average molecular weight is 351 g/mol. The van der Waals surface area contributed by atoms with Gasteiger partial charge < -0.3 is 4.52 Å². The first-order valence-corrected chi connectivity index (χ1v) is 7.68. The van der Waals surface area contributed by atoms with Crippen LogP contribution in [-0.4, -0.2) is 10.1 Å². The second-order valence-corrected chi connectivity index (χ2v) is 5.88. The second kappa shape index (κ2) is 5.39. The van der Waals surface area contributed by atoms with E-state index in [2.05, 4.69) is 44.3 Å². The first-order chi connectivity index (χ1) is 10.8. The van der Waals surface area contributed by atoms with E-state index in [1.54, 1.807) is 0 Å². The number of benzene rings is 3. The van der Waals surface area contributed by atoms with Gasteiger partial charge in [-0.25, -0.2) is 0 Å². The van der Waals surface area contributed by atoms with Crippen molar-refractivity contribution in [3.05, 3.63) is 71.2 Å². The van der Waals surface area contributed by atoms with Gasteiger partial charge in [0.05, 0.1) is 0 Å². The monoisotopic (exact) mass is 350 g/mol. The predicted octanol–water partition coefficient (Wildman–Crippen LogP) is 5.32. The molecule has 0 N–H and O–H groups in total. The first-order valence-electron chi connectivity index (χ1n) is 6.89. The summed E-state index contributed by atoms with van der Waals surface area (Å²) >= 11 is 3.46. The van der Waals surface area contributed by atoms with Crippen molar-refractivity contribution >= 4 is 26.7 Å². The number of aromatic nitrogens is 2. The van der Waals surface area contributed by atoms with Crippen LogP contribution in [0.2, 0.25) is 0 Å². The van der Waals surface area contributed by atoms with Crippen molar-refractivity contribution in [3.63, 3.8) is 0 Å². The maximum absolute atomic E-state index is 5.48. The summed E-state index contributed by atoms with van der Waals surface area (Å²) in [5, 5.41) is 6.36. The van der Waals surface area contributed by atoms with E-state index in [4.69, 9.17) is 4.52 Å². The van der Waals surface area contributed by atoms with Crippen LogP contribution in [0.15, 0.2) is 75.7 Å². The largest absolute Gasteiger partial charge is 0.334 e. The Morgan fingerprint density at radius 3 is 2.59 bits per heavy atom. The summed E-state index contributed by atoms with van der Waals surface area (Å²) in [6, 6.07) is 22.1. The van der Waals surface area contributed by atoms with Gasteiger partial charge in [0.25, 0.3) is 5.89 Å². The van der Waals surface area contributed by atoms with Gasteiger partial charge in [-0.2, -0.15) is 4.98 Å². The molecule has 0 aliphatic heterocycles. The Morgan fingerprint density at radius 1 is 0.864 bits per heavy atom. The highest BCUT2D eigenvalue weighted by Gasteiger charge is 2.13. The van der Waals surface area contributed by atoms with Crippen molar-refractivity contribution in [2.24, 2.45) is 0 Å². The van der Waals surface area contributed by atoms with E-state index in [0.717, 1.165) is 26.4 Å². The van der Waals surface area contributed by atoms with Crippen molar-refractivity contribution in [2.75, 3.05) is 0 Å². The van der Waals surface area contributed by atoms with E-state index < -0.39 is 0 Å². The molecule has 1 heterocycles. The quantitative estimate of drug-likeness (QED) is 0.491. The SMILES string of the molecule is Brc1cccc(-c2noc(-c3cccc4ccccc34)n2)c1. The highest BCUT2D eigenvalue weighted by Crippen LogP contribution is 2.29. The Hall–Kier alpha value is -2.46. The van der Waals surface area contributed by atoms with Crippen LogP contribution in [0.1, 0.15) is 0 Å². The van der Waals surface area contributed by atoms with Crippen LogP contribution in [0.5, 0.6) is 0 Å². The van der Waals surface area contributed by atoms with Crippen molar-refractivity contribution < 1.29 is 4.52 Å². The topological polar surface area (TPSA) is 38.9 Å². The second-order valence-electron chi connectivity index (χ2n) is 4.96. The van der Waals surface area contributed by atoms with E-state index in [-0.39, 0.29) is 0 Å². The molecule has 0 aliphatic carbocycles. The molecular weight excluding hydrogens is 340 g/mol. The van der Waals surface area contributed by atoms with Crippen LogP contribution in [-0.2, 0) is 0 Å². The molecule has 4 rings (SSSR count). The van der Waals surface area contributed by atoms with Crippen LogP contribution in [0.4, 0.5) is 0 Å². The summed E-state index contributed by atoms with van der Waals surface area (Å²) in [6.45, 7) is 0. The third kappa shape index (κ3) is 2.31. The molecule has 0 amide bonds. The molecule has 3 aromatic carbocycles. The van der Waals surface area contributed by atoms with Crippen molar-refractivity contribution in [3.8, 4) is 22.8 Å². The molecule has 4 aromatic rings. The average Bonchev–Trinajstić information content (AvgIpc) is 3.04. The normalized spacial score (nSPS) is 11.0. The van der Waals surface area contributed by atoms with Gasteiger partial charge in [0.2, 0.25) is 5.82 Å². The minimum Gasteiger partial charge on any atom is -0.334 e. The van der Waals surface area contributed by atoms with E-state index in [1.165, 1.54) is 0 Å². The number of hydrogen-bond donors (Lipinski definition) is 0. The fourth-order valence-electron chi connectivity index (χ4n) is 2.49.